The molecule has 2 aliphatic heterocycles. The zero-order valence-corrected chi connectivity index (χ0v) is 21.2. The van der Waals surface area contributed by atoms with E-state index in [1.165, 1.54) is 0 Å². The predicted molar refractivity (Wildman–Crippen MR) is 135 cm³/mol. The highest BCUT2D eigenvalue weighted by molar-refractivity contribution is 6.01. The molecular formula is C28H33N3O4. The Morgan fingerprint density at radius 3 is 2.49 bits per heavy atom. The standard InChI is InChI=1S/C28H33N3O4/c1-16(2)30-15-24(32)31-14-20(18-11-12-22(35-17(3)4)23(13-18)34-6)25-19-9-7-8-10-21(19)29-26(25)28(31,5)27(30)33/h7-13,16-17,20,29H,14-15H2,1-6H3/t20?,28-/m0/s1. The number of H-pyrrole nitrogens is 1. The maximum atomic E-state index is 13.9. The molecule has 0 saturated carbocycles. The molecule has 2 aromatic carbocycles. The van der Waals surface area contributed by atoms with E-state index in [0.717, 1.165) is 27.7 Å². The number of para-hydroxylation sites is 1. The monoisotopic (exact) mass is 475 g/mol. The largest absolute Gasteiger partial charge is 0.493 e. The summed E-state index contributed by atoms with van der Waals surface area (Å²) in [4.78, 5) is 34.3. The first kappa shape index (κ1) is 23.3. The lowest BCUT2D eigenvalue weighted by molar-refractivity contribution is -0.168. The summed E-state index contributed by atoms with van der Waals surface area (Å²) in [7, 11) is 1.63. The van der Waals surface area contributed by atoms with E-state index in [4.69, 9.17) is 9.47 Å². The molecule has 0 spiro atoms. The van der Waals surface area contributed by atoms with Gasteiger partial charge < -0.3 is 24.3 Å². The smallest absolute Gasteiger partial charge is 0.255 e. The number of nitrogens with zero attached hydrogens (tertiary/aromatic N) is 2. The van der Waals surface area contributed by atoms with Gasteiger partial charge in [0, 0.05) is 29.4 Å². The molecule has 2 aliphatic rings. The second-order valence-electron chi connectivity index (χ2n) is 10.2. The van der Waals surface area contributed by atoms with Gasteiger partial charge in [0.2, 0.25) is 5.91 Å². The number of hydrogen-bond donors (Lipinski definition) is 1. The minimum absolute atomic E-state index is 0.0197. The molecule has 0 aliphatic carbocycles. The predicted octanol–water partition coefficient (Wildman–Crippen LogP) is 4.40. The van der Waals surface area contributed by atoms with Crippen LogP contribution in [0.5, 0.6) is 11.5 Å². The van der Waals surface area contributed by atoms with Crippen molar-refractivity contribution in [3.63, 3.8) is 0 Å². The van der Waals surface area contributed by atoms with Crippen LogP contribution < -0.4 is 9.47 Å². The van der Waals surface area contributed by atoms with Gasteiger partial charge in [0.15, 0.2) is 17.0 Å². The number of ether oxygens (including phenoxy) is 2. The minimum atomic E-state index is -1.09. The van der Waals surface area contributed by atoms with E-state index in [1.54, 1.807) is 16.9 Å². The Kier molecular flexibility index (Phi) is 5.54. The van der Waals surface area contributed by atoms with Gasteiger partial charge in [-0.2, -0.15) is 0 Å². The highest BCUT2D eigenvalue weighted by Gasteiger charge is 2.56. The van der Waals surface area contributed by atoms with Crippen molar-refractivity contribution in [3.8, 4) is 11.5 Å². The van der Waals surface area contributed by atoms with Crippen LogP contribution in [0, 0.1) is 0 Å². The molecule has 2 atom stereocenters. The van der Waals surface area contributed by atoms with Gasteiger partial charge in [0.1, 0.15) is 6.54 Å². The zero-order valence-electron chi connectivity index (χ0n) is 21.2. The Morgan fingerprint density at radius 1 is 1.06 bits per heavy atom. The summed E-state index contributed by atoms with van der Waals surface area (Å²) in [6, 6.07) is 14.0. The number of benzene rings is 2. The van der Waals surface area contributed by atoms with E-state index in [2.05, 4.69) is 11.1 Å². The van der Waals surface area contributed by atoms with Crippen molar-refractivity contribution in [3.05, 3.63) is 59.3 Å². The van der Waals surface area contributed by atoms with Gasteiger partial charge in [-0.1, -0.05) is 24.3 Å². The lowest BCUT2D eigenvalue weighted by atomic mass is 9.76. The SMILES string of the molecule is COc1cc(C2CN3C(=O)CN(C(C)C)C(=O)[C@]3(C)c3[nH]c4ccccc4c32)ccc1OC(C)C. The number of aromatic amines is 1. The summed E-state index contributed by atoms with van der Waals surface area (Å²) >= 11 is 0. The number of carbonyl (C=O) groups is 2. The molecule has 7 heteroatoms. The number of methoxy groups -OCH3 is 1. The molecular weight excluding hydrogens is 442 g/mol. The van der Waals surface area contributed by atoms with Gasteiger partial charge >= 0.3 is 0 Å². The van der Waals surface area contributed by atoms with Crippen LogP contribution in [-0.2, 0) is 15.1 Å². The zero-order chi connectivity index (χ0) is 25.1. The molecule has 0 bridgehead atoms. The lowest BCUT2D eigenvalue weighted by Crippen LogP contribution is -2.68. The summed E-state index contributed by atoms with van der Waals surface area (Å²) in [5.41, 5.74) is 2.73. The van der Waals surface area contributed by atoms with Crippen LogP contribution in [0.2, 0.25) is 0 Å². The average molecular weight is 476 g/mol. The van der Waals surface area contributed by atoms with E-state index < -0.39 is 5.54 Å². The lowest BCUT2D eigenvalue weighted by Gasteiger charge is -2.52. The third kappa shape index (κ3) is 3.48. The van der Waals surface area contributed by atoms with Crippen LogP contribution >= 0.6 is 0 Å². The second kappa shape index (κ2) is 8.33. The fourth-order valence-electron chi connectivity index (χ4n) is 5.60. The number of carbonyl (C=O) groups excluding carboxylic acids is 2. The van der Waals surface area contributed by atoms with Crippen molar-refractivity contribution in [2.45, 2.75) is 58.2 Å². The van der Waals surface area contributed by atoms with Gasteiger partial charge in [0.25, 0.3) is 5.91 Å². The van der Waals surface area contributed by atoms with Crippen molar-refractivity contribution in [2.75, 3.05) is 20.2 Å². The molecule has 1 saturated heterocycles. The number of rotatable bonds is 5. The summed E-state index contributed by atoms with van der Waals surface area (Å²) in [5, 5.41) is 1.07. The third-order valence-electron chi connectivity index (χ3n) is 7.35. The summed E-state index contributed by atoms with van der Waals surface area (Å²) in [6.45, 7) is 10.3. The van der Waals surface area contributed by atoms with E-state index in [9.17, 15) is 9.59 Å². The number of amides is 2. The van der Waals surface area contributed by atoms with E-state index in [-0.39, 0.29) is 36.4 Å². The third-order valence-corrected chi connectivity index (χ3v) is 7.35. The molecule has 7 nitrogen and oxygen atoms in total. The molecule has 5 rings (SSSR count). The van der Waals surface area contributed by atoms with Gasteiger partial charge in [-0.05, 0) is 63.9 Å². The fourth-order valence-corrected chi connectivity index (χ4v) is 5.60. The number of fused-ring (bicyclic) bond motifs is 5. The highest BCUT2D eigenvalue weighted by atomic mass is 16.5. The molecule has 1 fully saturated rings. The first-order chi connectivity index (χ1) is 16.7. The second-order valence-corrected chi connectivity index (χ2v) is 10.2. The molecule has 1 aromatic heterocycles. The molecule has 184 valence electrons. The van der Waals surface area contributed by atoms with Crippen molar-refractivity contribution < 1.29 is 19.1 Å². The van der Waals surface area contributed by atoms with Crippen LogP contribution in [-0.4, -0.2) is 58.9 Å². The fraction of sp³-hybridized carbons (Fsp3) is 0.429. The Morgan fingerprint density at radius 2 is 1.80 bits per heavy atom. The molecule has 2 amide bonds. The molecule has 3 aromatic rings. The van der Waals surface area contributed by atoms with Crippen LogP contribution in [0.25, 0.3) is 10.9 Å². The Hall–Kier alpha value is -3.48. The van der Waals surface area contributed by atoms with Crippen LogP contribution in [0.4, 0.5) is 0 Å². The first-order valence-corrected chi connectivity index (χ1v) is 12.2. The number of piperazine rings is 1. The topological polar surface area (TPSA) is 74.9 Å². The first-order valence-electron chi connectivity index (χ1n) is 12.2. The summed E-state index contributed by atoms with van der Waals surface area (Å²) in [6.07, 6.45) is 0.0197. The maximum absolute atomic E-state index is 13.9. The summed E-state index contributed by atoms with van der Waals surface area (Å²) < 4.78 is 11.6. The Bertz CT molecular complexity index is 1310. The molecule has 1 unspecified atom stereocenters. The highest BCUT2D eigenvalue weighted by Crippen LogP contribution is 2.49. The number of hydrogen-bond acceptors (Lipinski definition) is 4. The van der Waals surface area contributed by atoms with Crippen molar-refractivity contribution in [2.24, 2.45) is 0 Å². The maximum Gasteiger partial charge on any atom is 0.255 e. The normalized spacial score (nSPS) is 22.1. The van der Waals surface area contributed by atoms with Crippen molar-refractivity contribution >= 4 is 22.7 Å². The van der Waals surface area contributed by atoms with E-state index in [1.807, 2.05) is 71.0 Å². The minimum Gasteiger partial charge on any atom is -0.493 e. The van der Waals surface area contributed by atoms with Gasteiger partial charge in [-0.25, -0.2) is 0 Å². The van der Waals surface area contributed by atoms with E-state index >= 15 is 0 Å². The quantitative estimate of drug-likeness (QED) is 0.593. The Balaban J connectivity index is 1.72. The average Bonchev–Trinajstić information content (AvgIpc) is 3.22. The summed E-state index contributed by atoms with van der Waals surface area (Å²) in [5.74, 6) is 1.12. The van der Waals surface area contributed by atoms with Gasteiger partial charge in [0.05, 0.1) is 18.9 Å². The van der Waals surface area contributed by atoms with Crippen LogP contribution in [0.3, 0.4) is 0 Å². The molecule has 0 radical (unpaired) electrons. The Labute approximate surface area is 206 Å². The number of aromatic nitrogens is 1. The molecule has 35 heavy (non-hydrogen) atoms. The van der Waals surface area contributed by atoms with Gasteiger partial charge in [-0.3, -0.25) is 9.59 Å². The van der Waals surface area contributed by atoms with Crippen molar-refractivity contribution in [1.82, 2.24) is 14.8 Å². The van der Waals surface area contributed by atoms with Gasteiger partial charge in [-0.15, -0.1) is 0 Å². The van der Waals surface area contributed by atoms with Crippen LogP contribution in [0.15, 0.2) is 42.5 Å². The van der Waals surface area contributed by atoms with Crippen LogP contribution in [0.1, 0.15) is 57.4 Å². The van der Waals surface area contributed by atoms with Crippen molar-refractivity contribution in [1.29, 1.82) is 0 Å². The molecule has 1 N–H and O–H groups in total. The molecule has 3 heterocycles. The van der Waals surface area contributed by atoms with E-state index in [0.29, 0.717) is 18.0 Å². The number of nitrogens with one attached hydrogen (secondary N) is 1.